The van der Waals surface area contributed by atoms with Gasteiger partial charge in [0, 0.05) is 6.61 Å². The van der Waals surface area contributed by atoms with E-state index in [0.717, 1.165) is 6.42 Å². The first-order chi connectivity index (χ1) is 9.83. The molecule has 0 heterocycles. The number of unbranched alkanes of at least 4 members (excludes halogenated alkanes) is 2. The van der Waals surface area contributed by atoms with Crippen molar-refractivity contribution in [3.05, 3.63) is 59.7 Å². The van der Waals surface area contributed by atoms with E-state index < -0.39 is 0 Å². The van der Waals surface area contributed by atoms with Crippen molar-refractivity contribution < 1.29 is 5.11 Å². The van der Waals surface area contributed by atoms with Crippen molar-refractivity contribution in [3.63, 3.8) is 0 Å². The van der Waals surface area contributed by atoms with Crippen LogP contribution < -0.4 is 0 Å². The van der Waals surface area contributed by atoms with Crippen molar-refractivity contribution in [1.82, 2.24) is 0 Å². The Morgan fingerprint density at radius 1 is 0.700 bits per heavy atom. The van der Waals surface area contributed by atoms with E-state index in [1.807, 2.05) is 0 Å². The minimum absolute atomic E-state index is 0.214. The molecule has 0 aliphatic carbocycles. The number of rotatable bonds is 7. The molecule has 106 valence electrons. The lowest BCUT2D eigenvalue weighted by molar-refractivity contribution is 0.299. The average molecular weight is 268 g/mol. The predicted octanol–water partition coefficient (Wildman–Crippen LogP) is 4.62. The normalized spacial score (nSPS) is 10.7. The molecular formula is C19H24O. The number of aliphatic hydroxyl groups excluding tert-OH is 1. The highest BCUT2D eigenvalue weighted by Crippen LogP contribution is 2.21. The van der Waals surface area contributed by atoms with Crippen LogP contribution in [-0.2, 0) is 12.8 Å². The number of hydrogen-bond donors (Lipinski definition) is 1. The summed E-state index contributed by atoms with van der Waals surface area (Å²) >= 11 is 0. The van der Waals surface area contributed by atoms with Gasteiger partial charge >= 0.3 is 0 Å². The lowest BCUT2D eigenvalue weighted by atomic mass is 10.00. The standard InChI is InChI=1S/C19H24O/c1-2-3-4-5-16-6-10-18(11-7-16)19-12-8-17(9-13-19)14-15-20/h6-13,20H,2-5,14-15H2,1H3. The number of benzene rings is 2. The topological polar surface area (TPSA) is 20.2 Å². The third-order valence-electron chi connectivity index (χ3n) is 3.71. The molecule has 0 amide bonds. The van der Waals surface area contributed by atoms with E-state index in [0.29, 0.717) is 0 Å². The zero-order chi connectivity index (χ0) is 14.2. The second-order valence-electron chi connectivity index (χ2n) is 5.32. The Balaban J connectivity index is 2.01. The highest BCUT2D eigenvalue weighted by Gasteiger charge is 1.99. The number of aliphatic hydroxyl groups is 1. The van der Waals surface area contributed by atoms with Crippen LogP contribution >= 0.6 is 0 Å². The van der Waals surface area contributed by atoms with Crippen LogP contribution in [0.1, 0.15) is 37.3 Å². The minimum Gasteiger partial charge on any atom is -0.396 e. The Morgan fingerprint density at radius 3 is 1.65 bits per heavy atom. The first kappa shape index (κ1) is 14.8. The van der Waals surface area contributed by atoms with Gasteiger partial charge in [-0.15, -0.1) is 0 Å². The molecular weight excluding hydrogens is 244 g/mol. The van der Waals surface area contributed by atoms with Gasteiger partial charge < -0.3 is 5.11 Å². The smallest absolute Gasteiger partial charge is 0.0471 e. The largest absolute Gasteiger partial charge is 0.396 e. The zero-order valence-electron chi connectivity index (χ0n) is 12.3. The second kappa shape index (κ2) is 7.86. The summed E-state index contributed by atoms with van der Waals surface area (Å²) in [5.41, 5.74) is 5.12. The fraction of sp³-hybridized carbons (Fsp3) is 0.368. The second-order valence-corrected chi connectivity index (χ2v) is 5.32. The van der Waals surface area contributed by atoms with Gasteiger partial charge in [-0.25, -0.2) is 0 Å². The van der Waals surface area contributed by atoms with Gasteiger partial charge in [-0.05, 0) is 41.5 Å². The molecule has 0 bridgehead atoms. The summed E-state index contributed by atoms with van der Waals surface area (Å²) < 4.78 is 0. The Morgan fingerprint density at radius 2 is 1.20 bits per heavy atom. The maximum absolute atomic E-state index is 8.93. The first-order valence-electron chi connectivity index (χ1n) is 7.62. The Hall–Kier alpha value is -1.60. The number of aryl methyl sites for hydroxylation is 1. The van der Waals surface area contributed by atoms with Crippen LogP contribution in [0.2, 0.25) is 0 Å². The van der Waals surface area contributed by atoms with Crippen molar-refractivity contribution in [2.45, 2.75) is 39.0 Å². The summed E-state index contributed by atoms with van der Waals surface area (Å²) in [6.07, 6.45) is 5.79. The molecule has 0 aliphatic rings. The van der Waals surface area contributed by atoms with E-state index in [1.54, 1.807) is 0 Å². The molecule has 0 saturated carbocycles. The highest BCUT2D eigenvalue weighted by molar-refractivity contribution is 5.63. The van der Waals surface area contributed by atoms with Crippen LogP contribution in [0.15, 0.2) is 48.5 Å². The molecule has 1 N–H and O–H groups in total. The van der Waals surface area contributed by atoms with Gasteiger partial charge in [0.2, 0.25) is 0 Å². The molecule has 0 saturated heterocycles. The molecule has 0 aromatic heterocycles. The Labute approximate surface area is 122 Å². The third kappa shape index (κ3) is 4.21. The van der Waals surface area contributed by atoms with Gasteiger partial charge in [-0.3, -0.25) is 0 Å². The lowest BCUT2D eigenvalue weighted by Crippen LogP contribution is -1.90. The summed E-state index contributed by atoms with van der Waals surface area (Å²) in [7, 11) is 0. The van der Waals surface area contributed by atoms with Crippen LogP contribution in [0, 0.1) is 0 Å². The van der Waals surface area contributed by atoms with E-state index in [9.17, 15) is 0 Å². The van der Waals surface area contributed by atoms with Crippen LogP contribution in [-0.4, -0.2) is 11.7 Å². The fourth-order valence-corrected chi connectivity index (χ4v) is 2.44. The van der Waals surface area contributed by atoms with Gasteiger partial charge in [0.15, 0.2) is 0 Å². The van der Waals surface area contributed by atoms with Crippen LogP contribution in [0.4, 0.5) is 0 Å². The monoisotopic (exact) mass is 268 g/mol. The van der Waals surface area contributed by atoms with Gasteiger partial charge in [0.05, 0.1) is 0 Å². The summed E-state index contributed by atoms with van der Waals surface area (Å²) in [5.74, 6) is 0. The van der Waals surface area contributed by atoms with Crippen LogP contribution in [0.3, 0.4) is 0 Å². The zero-order valence-corrected chi connectivity index (χ0v) is 12.3. The first-order valence-corrected chi connectivity index (χ1v) is 7.62. The van der Waals surface area contributed by atoms with Gasteiger partial charge in [-0.1, -0.05) is 68.3 Å². The SMILES string of the molecule is CCCCCc1ccc(-c2ccc(CCO)cc2)cc1. The molecule has 0 unspecified atom stereocenters. The summed E-state index contributed by atoms with van der Waals surface area (Å²) in [4.78, 5) is 0. The molecule has 1 heteroatoms. The van der Waals surface area contributed by atoms with E-state index in [2.05, 4.69) is 55.5 Å². The quantitative estimate of drug-likeness (QED) is 0.726. The maximum atomic E-state index is 8.93. The van der Waals surface area contributed by atoms with Crippen LogP contribution in [0.25, 0.3) is 11.1 Å². The van der Waals surface area contributed by atoms with Gasteiger partial charge in [0.25, 0.3) is 0 Å². The van der Waals surface area contributed by atoms with E-state index in [1.165, 1.54) is 47.9 Å². The van der Waals surface area contributed by atoms with Crippen molar-refractivity contribution in [2.24, 2.45) is 0 Å². The van der Waals surface area contributed by atoms with E-state index in [-0.39, 0.29) is 6.61 Å². The van der Waals surface area contributed by atoms with E-state index >= 15 is 0 Å². The molecule has 20 heavy (non-hydrogen) atoms. The molecule has 0 fully saturated rings. The van der Waals surface area contributed by atoms with Gasteiger partial charge in [0.1, 0.15) is 0 Å². The molecule has 2 aromatic carbocycles. The van der Waals surface area contributed by atoms with Crippen molar-refractivity contribution in [3.8, 4) is 11.1 Å². The molecule has 0 atom stereocenters. The lowest BCUT2D eigenvalue weighted by Gasteiger charge is -2.06. The van der Waals surface area contributed by atoms with Crippen molar-refractivity contribution in [1.29, 1.82) is 0 Å². The minimum atomic E-state index is 0.214. The fourth-order valence-electron chi connectivity index (χ4n) is 2.44. The number of hydrogen-bond acceptors (Lipinski definition) is 1. The molecule has 1 nitrogen and oxygen atoms in total. The molecule has 0 aliphatic heterocycles. The predicted molar refractivity (Wildman–Crippen MR) is 85.9 cm³/mol. The van der Waals surface area contributed by atoms with Crippen molar-refractivity contribution in [2.75, 3.05) is 6.61 Å². The molecule has 2 aromatic rings. The Kier molecular flexibility index (Phi) is 5.82. The van der Waals surface area contributed by atoms with Crippen LogP contribution in [0.5, 0.6) is 0 Å². The molecule has 0 spiro atoms. The summed E-state index contributed by atoms with van der Waals surface area (Å²) in [5, 5.41) is 8.93. The van der Waals surface area contributed by atoms with Crippen molar-refractivity contribution >= 4 is 0 Å². The average Bonchev–Trinajstić information content (AvgIpc) is 2.49. The maximum Gasteiger partial charge on any atom is 0.0471 e. The summed E-state index contributed by atoms with van der Waals surface area (Å²) in [6.45, 7) is 2.45. The third-order valence-corrected chi connectivity index (χ3v) is 3.71. The Bertz CT molecular complexity index is 496. The molecule has 2 rings (SSSR count). The highest BCUT2D eigenvalue weighted by atomic mass is 16.2. The van der Waals surface area contributed by atoms with E-state index in [4.69, 9.17) is 5.11 Å². The van der Waals surface area contributed by atoms with Gasteiger partial charge in [-0.2, -0.15) is 0 Å². The summed E-state index contributed by atoms with van der Waals surface area (Å²) in [6, 6.07) is 17.4. The molecule has 0 radical (unpaired) electrons.